The number of halogens is 1. The first-order chi connectivity index (χ1) is 13.6. The molecule has 138 valence electrons. The molecule has 28 heavy (non-hydrogen) atoms. The van der Waals surface area contributed by atoms with Gasteiger partial charge in [-0.2, -0.15) is 9.61 Å². The van der Waals surface area contributed by atoms with Gasteiger partial charge in [-0.1, -0.05) is 22.9 Å². The Hall–Kier alpha value is -3.50. The summed E-state index contributed by atoms with van der Waals surface area (Å²) >= 11 is 7.52. The highest BCUT2D eigenvalue weighted by molar-refractivity contribution is 7.19. The van der Waals surface area contributed by atoms with Gasteiger partial charge in [-0.05, 0) is 24.3 Å². The normalized spacial score (nSPS) is 11.3. The molecule has 0 saturated heterocycles. The summed E-state index contributed by atoms with van der Waals surface area (Å²) in [5.74, 6) is 1.55. The lowest BCUT2D eigenvalue weighted by atomic mass is 10.1. The fourth-order valence-corrected chi connectivity index (χ4v) is 3.78. The maximum atomic E-state index is 10.9. The predicted molar refractivity (Wildman–Crippen MR) is 101 cm³/mol. The van der Waals surface area contributed by atoms with Gasteiger partial charge in [0.25, 0.3) is 5.69 Å². The standard InChI is InChI=1S/C17H8ClN5O4S/c18-12-7-10(23(24)25)3-4-11(12)14-6-9(8-27-14)16-21-22-15(13-2-1-5-26-13)19-20-17(22)28-16/h1-8H. The van der Waals surface area contributed by atoms with Crippen LogP contribution in [0.1, 0.15) is 0 Å². The third-order valence-electron chi connectivity index (χ3n) is 4.01. The summed E-state index contributed by atoms with van der Waals surface area (Å²) in [6, 6.07) is 9.53. The van der Waals surface area contributed by atoms with Crippen molar-refractivity contribution in [3.05, 3.63) is 64.1 Å². The Morgan fingerprint density at radius 2 is 2.04 bits per heavy atom. The maximum absolute atomic E-state index is 10.9. The van der Waals surface area contributed by atoms with Gasteiger partial charge in [0.2, 0.25) is 10.8 Å². The van der Waals surface area contributed by atoms with Crippen LogP contribution in [0.3, 0.4) is 0 Å². The Kier molecular flexibility index (Phi) is 3.74. The molecule has 0 unspecified atom stereocenters. The first-order valence-electron chi connectivity index (χ1n) is 7.89. The van der Waals surface area contributed by atoms with Gasteiger partial charge in [-0.3, -0.25) is 10.1 Å². The second kappa shape index (κ2) is 6.29. The van der Waals surface area contributed by atoms with E-state index in [2.05, 4.69) is 15.3 Å². The highest BCUT2D eigenvalue weighted by atomic mass is 35.5. The Balaban J connectivity index is 1.52. The summed E-state index contributed by atoms with van der Waals surface area (Å²) in [4.78, 5) is 11.0. The second-order valence-corrected chi connectivity index (χ2v) is 7.09. The third kappa shape index (κ3) is 2.66. The molecule has 4 aromatic heterocycles. The number of hydrogen-bond acceptors (Lipinski definition) is 8. The van der Waals surface area contributed by atoms with Crippen molar-refractivity contribution in [1.29, 1.82) is 0 Å². The smallest absolute Gasteiger partial charge is 0.270 e. The van der Waals surface area contributed by atoms with Crippen LogP contribution in [0.15, 0.2) is 57.8 Å². The molecular weight excluding hydrogens is 406 g/mol. The molecule has 0 amide bonds. The van der Waals surface area contributed by atoms with Crippen LogP contribution in [0.5, 0.6) is 0 Å². The molecule has 0 aliphatic heterocycles. The predicted octanol–water partition coefficient (Wildman–Crippen LogP) is 4.93. The van der Waals surface area contributed by atoms with Gasteiger partial charge in [-0.15, -0.1) is 10.2 Å². The van der Waals surface area contributed by atoms with Crippen LogP contribution in [0.25, 0.3) is 38.4 Å². The summed E-state index contributed by atoms with van der Waals surface area (Å²) in [6.07, 6.45) is 3.10. The average molecular weight is 414 g/mol. The lowest BCUT2D eigenvalue weighted by Crippen LogP contribution is -1.89. The van der Waals surface area contributed by atoms with Crippen molar-refractivity contribution < 1.29 is 13.8 Å². The summed E-state index contributed by atoms with van der Waals surface area (Å²) < 4.78 is 12.6. The highest BCUT2D eigenvalue weighted by Gasteiger charge is 2.19. The van der Waals surface area contributed by atoms with Crippen molar-refractivity contribution in [1.82, 2.24) is 19.8 Å². The first kappa shape index (κ1) is 16.7. The zero-order valence-corrected chi connectivity index (χ0v) is 15.3. The molecule has 5 rings (SSSR count). The molecule has 11 heteroatoms. The van der Waals surface area contributed by atoms with Crippen molar-refractivity contribution in [3.63, 3.8) is 0 Å². The highest BCUT2D eigenvalue weighted by Crippen LogP contribution is 2.36. The molecule has 0 N–H and O–H groups in total. The third-order valence-corrected chi connectivity index (χ3v) is 5.27. The number of nitro benzene ring substituents is 1. The molecule has 4 heterocycles. The van der Waals surface area contributed by atoms with E-state index in [0.29, 0.717) is 32.9 Å². The van der Waals surface area contributed by atoms with Crippen molar-refractivity contribution in [3.8, 4) is 33.5 Å². The van der Waals surface area contributed by atoms with Gasteiger partial charge < -0.3 is 8.83 Å². The lowest BCUT2D eigenvalue weighted by Gasteiger charge is -1.99. The van der Waals surface area contributed by atoms with Gasteiger partial charge in [0.1, 0.15) is 12.0 Å². The SMILES string of the molecule is O=[N+]([O-])c1ccc(-c2cc(-c3nn4c(-c5ccco5)nnc4s3)co2)c(Cl)c1. The molecule has 0 atom stereocenters. The summed E-state index contributed by atoms with van der Waals surface area (Å²) in [5, 5.41) is 24.5. The molecule has 0 aliphatic rings. The topological polar surface area (TPSA) is 112 Å². The van der Waals surface area contributed by atoms with E-state index in [4.69, 9.17) is 20.4 Å². The Morgan fingerprint density at radius 1 is 1.14 bits per heavy atom. The monoisotopic (exact) mass is 413 g/mol. The van der Waals surface area contributed by atoms with E-state index >= 15 is 0 Å². The van der Waals surface area contributed by atoms with E-state index in [1.54, 1.807) is 41.3 Å². The lowest BCUT2D eigenvalue weighted by molar-refractivity contribution is -0.384. The second-order valence-electron chi connectivity index (χ2n) is 5.72. The minimum atomic E-state index is -0.501. The van der Waals surface area contributed by atoms with Crippen LogP contribution >= 0.6 is 22.9 Å². The van der Waals surface area contributed by atoms with Crippen molar-refractivity contribution in [2.45, 2.75) is 0 Å². The first-order valence-corrected chi connectivity index (χ1v) is 9.09. The van der Waals surface area contributed by atoms with Gasteiger partial charge in [0.05, 0.1) is 21.8 Å². The number of non-ortho nitro benzene ring substituents is 1. The molecular formula is C17H8ClN5O4S. The van der Waals surface area contributed by atoms with E-state index < -0.39 is 4.92 Å². The molecule has 0 spiro atoms. The number of rotatable bonds is 4. The van der Waals surface area contributed by atoms with Crippen molar-refractivity contribution >= 4 is 33.6 Å². The van der Waals surface area contributed by atoms with Crippen LogP contribution in [0.4, 0.5) is 5.69 Å². The molecule has 0 aliphatic carbocycles. The molecule has 9 nitrogen and oxygen atoms in total. The van der Waals surface area contributed by atoms with E-state index in [-0.39, 0.29) is 10.7 Å². The van der Waals surface area contributed by atoms with Crippen molar-refractivity contribution in [2.75, 3.05) is 0 Å². The van der Waals surface area contributed by atoms with Crippen LogP contribution < -0.4 is 0 Å². The van der Waals surface area contributed by atoms with Gasteiger partial charge in [-0.25, -0.2) is 0 Å². The summed E-state index contributed by atoms with van der Waals surface area (Å²) in [7, 11) is 0. The number of nitrogens with zero attached hydrogens (tertiary/aromatic N) is 5. The molecule has 0 saturated carbocycles. The minimum absolute atomic E-state index is 0.0837. The van der Waals surface area contributed by atoms with Crippen LogP contribution in [0.2, 0.25) is 5.02 Å². The Labute approximate surface area is 165 Å². The van der Waals surface area contributed by atoms with E-state index in [1.807, 2.05) is 0 Å². The quantitative estimate of drug-likeness (QED) is 0.303. The van der Waals surface area contributed by atoms with E-state index in [1.165, 1.54) is 23.5 Å². The van der Waals surface area contributed by atoms with Crippen molar-refractivity contribution in [2.24, 2.45) is 0 Å². The van der Waals surface area contributed by atoms with Gasteiger partial charge in [0, 0.05) is 17.7 Å². The largest absolute Gasteiger partial charge is 0.464 e. The number of aromatic nitrogens is 4. The van der Waals surface area contributed by atoms with Crippen LogP contribution in [0, 0.1) is 10.1 Å². The fraction of sp³-hybridized carbons (Fsp3) is 0. The average Bonchev–Trinajstić information content (AvgIpc) is 3.43. The molecule has 0 bridgehead atoms. The fourth-order valence-electron chi connectivity index (χ4n) is 2.70. The minimum Gasteiger partial charge on any atom is -0.464 e. The Morgan fingerprint density at radius 3 is 2.79 bits per heavy atom. The molecule has 0 radical (unpaired) electrons. The zero-order valence-electron chi connectivity index (χ0n) is 13.8. The number of furan rings is 2. The van der Waals surface area contributed by atoms with E-state index in [9.17, 15) is 10.1 Å². The van der Waals surface area contributed by atoms with Crippen LogP contribution in [-0.4, -0.2) is 24.7 Å². The molecule has 0 fully saturated rings. The summed E-state index contributed by atoms with van der Waals surface area (Å²) in [6.45, 7) is 0. The number of hydrogen-bond donors (Lipinski definition) is 0. The number of benzene rings is 1. The van der Waals surface area contributed by atoms with Gasteiger partial charge in [0.15, 0.2) is 10.8 Å². The Bertz CT molecular complexity index is 1320. The molecule has 5 aromatic rings. The summed E-state index contributed by atoms with van der Waals surface area (Å²) in [5.41, 5.74) is 1.20. The maximum Gasteiger partial charge on any atom is 0.270 e. The zero-order chi connectivity index (χ0) is 19.3. The van der Waals surface area contributed by atoms with E-state index in [0.717, 1.165) is 5.56 Å². The number of nitro groups is 1. The molecule has 1 aromatic carbocycles. The number of fused-ring (bicyclic) bond motifs is 1. The van der Waals surface area contributed by atoms with Gasteiger partial charge >= 0.3 is 0 Å². The van der Waals surface area contributed by atoms with Crippen LogP contribution in [-0.2, 0) is 0 Å².